The van der Waals surface area contributed by atoms with Gasteiger partial charge < -0.3 is 81.0 Å². The van der Waals surface area contributed by atoms with E-state index < -0.39 is 41.0 Å². The first-order chi connectivity index (χ1) is 43.7. The van der Waals surface area contributed by atoms with Crippen molar-refractivity contribution in [2.24, 2.45) is 11.3 Å². The fourth-order valence-corrected chi connectivity index (χ4v) is 12.1. The van der Waals surface area contributed by atoms with E-state index in [9.17, 15) is 47.9 Å². The summed E-state index contributed by atoms with van der Waals surface area (Å²) in [5.41, 5.74) is -0.987. The van der Waals surface area contributed by atoms with Gasteiger partial charge in [0.2, 0.25) is 29.5 Å². The van der Waals surface area contributed by atoms with Crippen LogP contribution in [0.25, 0.3) is 0 Å². The summed E-state index contributed by atoms with van der Waals surface area (Å²) >= 11 is 1.88. The number of unbranched alkanes of at least 4 members (excludes halogenated alkanes) is 5. The molecule has 26 nitrogen and oxygen atoms in total. The summed E-state index contributed by atoms with van der Waals surface area (Å²) in [6.45, 7) is 18.8. The Morgan fingerprint density at radius 1 is 0.582 bits per heavy atom. The van der Waals surface area contributed by atoms with E-state index in [-0.39, 0.29) is 105 Å². The van der Waals surface area contributed by atoms with Gasteiger partial charge in [-0.3, -0.25) is 38.4 Å². The molecule has 3 rings (SSSR count). The SMILES string of the molecule is C=CCOC(=O)CCCCCNC(=O)CCC(=O)N[C@@H](CCCCNC(=O)CCCCC(NCCOCCOCCNC(=O)OC(C)(C)C)C1C(=O)CC(C)(C)CC1=O)C(=O)NCCCOCCOCCOCCCNC(=O)CCCC[C@@H]1SC[C@@H]2NC(=O)N[C@@H]21. The number of hydrogen-bond acceptors (Lipinski definition) is 19. The van der Waals surface area contributed by atoms with Gasteiger partial charge in [-0.1, -0.05) is 45.8 Å². The number of nitrogens with one attached hydrogen (secondary N) is 9. The second kappa shape index (κ2) is 47.4. The molecule has 91 heavy (non-hydrogen) atoms. The Kier molecular flexibility index (Phi) is 41.6. The number of Topliss-reactive ketones (excluding diaryl/α,β-unsaturated/α-hetero) is 2. The Morgan fingerprint density at radius 3 is 1.74 bits per heavy atom. The molecule has 520 valence electrons. The van der Waals surface area contributed by atoms with Crippen molar-refractivity contribution in [3.05, 3.63) is 12.7 Å². The number of thioether (sulfide) groups is 1. The topological polar surface area (TPSA) is 344 Å². The summed E-state index contributed by atoms with van der Waals surface area (Å²) in [4.78, 5) is 126. The number of urea groups is 1. The van der Waals surface area contributed by atoms with Crippen LogP contribution in [-0.4, -0.2) is 212 Å². The maximum Gasteiger partial charge on any atom is 0.407 e. The molecule has 0 radical (unpaired) electrons. The summed E-state index contributed by atoms with van der Waals surface area (Å²) in [5, 5.41) is 26.7. The lowest BCUT2D eigenvalue weighted by Gasteiger charge is -2.36. The third kappa shape index (κ3) is 39.0. The van der Waals surface area contributed by atoms with Crippen LogP contribution in [0.2, 0.25) is 0 Å². The van der Waals surface area contributed by atoms with Crippen molar-refractivity contribution in [2.75, 3.05) is 118 Å². The maximum absolute atomic E-state index is 13.4. The van der Waals surface area contributed by atoms with Crippen LogP contribution in [0.3, 0.4) is 0 Å². The molecule has 3 aliphatic rings. The molecule has 3 fully saturated rings. The number of carbonyl (C=O) groups excluding carboxylic acids is 10. The number of esters is 1. The van der Waals surface area contributed by atoms with E-state index in [4.69, 9.17) is 33.2 Å². The average Bonchev–Trinajstić information content (AvgIpc) is 1.79. The summed E-state index contributed by atoms with van der Waals surface area (Å²) in [6, 6.07) is -0.975. The minimum Gasteiger partial charge on any atom is -0.461 e. The van der Waals surface area contributed by atoms with Crippen LogP contribution >= 0.6 is 11.8 Å². The largest absolute Gasteiger partial charge is 0.461 e. The second-order valence-corrected chi connectivity index (χ2v) is 26.3. The molecule has 8 amide bonds. The first-order valence-electron chi connectivity index (χ1n) is 33.1. The van der Waals surface area contributed by atoms with Gasteiger partial charge in [-0.05, 0) is 96.8 Å². The van der Waals surface area contributed by atoms with Crippen molar-refractivity contribution in [3.8, 4) is 0 Å². The van der Waals surface area contributed by atoms with Crippen molar-refractivity contribution < 1.29 is 81.1 Å². The minimum atomic E-state index is -0.880. The van der Waals surface area contributed by atoms with Crippen molar-refractivity contribution >= 4 is 71.0 Å². The molecule has 0 spiro atoms. The Morgan fingerprint density at radius 2 is 1.11 bits per heavy atom. The van der Waals surface area contributed by atoms with Crippen LogP contribution in [0.4, 0.5) is 9.59 Å². The number of amides is 8. The van der Waals surface area contributed by atoms with E-state index in [1.54, 1.807) is 20.8 Å². The lowest BCUT2D eigenvalue weighted by atomic mass is 9.69. The molecule has 5 atom stereocenters. The van der Waals surface area contributed by atoms with Crippen LogP contribution in [0.1, 0.15) is 169 Å². The molecule has 9 N–H and O–H groups in total. The molecular weight excluding hydrogens is 1200 g/mol. The monoisotopic (exact) mass is 1310 g/mol. The van der Waals surface area contributed by atoms with Gasteiger partial charge in [-0.15, -0.1) is 0 Å². The zero-order valence-corrected chi connectivity index (χ0v) is 56.0. The number of fused-ring (bicyclic) bond motifs is 1. The highest BCUT2D eigenvalue weighted by atomic mass is 32.2. The van der Waals surface area contributed by atoms with Crippen molar-refractivity contribution in [3.63, 3.8) is 0 Å². The van der Waals surface area contributed by atoms with Gasteiger partial charge in [0.15, 0.2) is 0 Å². The summed E-state index contributed by atoms with van der Waals surface area (Å²) in [6.07, 6.45) is 11.3. The van der Waals surface area contributed by atoms with E-state index in [0.29, 0.717) is 187 Å². The molecule has 1 unspecified atom stereocenters. The predicted molar refractivity (Wildman–Crippen MR) is 345 cm³/mol. The van der Waals surface area contributed by atoms with Gasteiger partial charge in [0, 0.05) is 114 Å². The first kappa shape index (κ1) is 79.8. The standard InChI is InChI=1S/C64H111N9O17S/c1-7-33-89-57(80)24-9-8-15-27-67-55(78)25-26-56(79)71-48(60(81)69-30-18-35-85-39-43-88-42-38-84-34-17-29-68-54(77)23-13-11-21-52-59-49(46-91-52)72-61(82)73-59)20-14-16-28-66-53(76)22-12-10-19-47(58-50(74)44-64(5,6)45-51(58)75)65-31-36-86-40-41-87-37-32-70-62(83)90-63(2,3)4/h7,47-49,52,58-59,65H,1,8-46H2,2-6H3,(H,66,76)(H,67,78)(H,68,77)(H,69,81)(H,70,83)(H,71,79)(H2,72,73,82)/t47?,48-,49-,52-,59-/m0/s1. The number of ketones is 2. The van der Waals surface area contributed by atoms with Crippen LogP contribution in [0, 0.1) is 11.3 Å². The first-order valence-corrected chi connectivity index (χ1v) is 34.2. The lowest BCUT2D eigenvalue weighted by molar-refractivity contribution is -0.143. The second-order valence-electron chi connectivity index (χ2n) is 25.0. The highest BCUT2D eigenvalue weighted by molar-refractivity contribution is 8.00. The number of ether oxygens (including phenoxy) is 7. The zero-order chi connectivity index (χ0) is 66.5. The Hall–Kier alpha value is -5.45. The number of alkyl carbamates (subject to hydrolysis) is 1. The number of rotatable bonds is 53. The molecule has 2 aliphatic heterocycles. The third-order valence-corrected chi connectivity index (χ3v) is 16.6. The van der Waals surface area contributed by atoms with Gasteiger partial charge >= 0.3 is 18.1 Å². The van der Waals surface area contributed by atoms with E-state index in [0.717, 1.165) is 25.0 Å². The van der Waals surface area contributed by atoms with Gasteiger partial charge in [-0.25, -0.2) is 9.59 Å². The number of hydrogen-bond donors (Lipinski definition) is 9. The van der Waals surface area contributed by atoms with Crippen LogP contribution in [0.5, 0.6) is 0 Å². The average molecular weight is 1310 g/mol. The summed E-state index contributed by atoms with van der Waals surface area (Å²) in [5.74, 6) is -1.56. The highest BCUT2D eigenvalue weighted by Crippen LogP contribution is 2.36. The maximum atomic E-state index is 13.4. The van der Waals surface area contributed by atoms with E-state index >= 15 is 0 Å². The van der Waals surface area contributed by atoms with Crippen molar-refractivity contribution in [2.45, 2.75) is 204 Å². The van der Waals surface area contributed by atoms with Gasteiger partial charge in [-0.2, -0.15) is 11.8 Å². The van der Waals surface area contributed by atoms with Crippen molar-refractivity contribution in [1.29, 1.82) is 0 Å². The summed E-state index contributed by atoms with van der Waals surface area (Å²) < 4.78 is 38.3. The molecule has 27 heteroatoms. The van der Waals surface area contributed by atoms with E-state index in [1.165, 1.54) is 6.08 Å². The van der Waals surface area contributed by atoms with E-state index in [2.05, 4.69) is 54.4 Å². The zero-order valence-electron chi connectivity index (χ0n) is 55.2. The fourth-order valence-electron chi connectivity index (χ4n) is 10.5. The Bertz CT molecular complexity index is 2190. The van der Waals surface area contributed by atoms with Crippen LogP contribution < -0.4 is 47.9 Å². The van der Waals surface area contributed by atoms with Crippen LogP contribution in [-0.2, 0) is 71.5 Å². The smallest absolute Gasteiger partial charge is 0.407 e. The molecule has 0 aromatic carbocycles. The fraction of sp³-hybridized carbons (Fsp3) is 0.812. The molecule has 2 saturated heterocycles. The molecular formula is C64H111N9O17S. The summed E-state index contributed by atoms with van der Waals surface area (Å²) in [7, 11) is 0. The van der Waals surface area contributed by atoms with Gasteiger partial charge in [0.1, 0.15) is 29.8 Å². The molecule has 1 aliphatic carbocycles. The van der Waals surface area contributed by atoms with Gasteiger partial charge in [0.25, 0.3) is 0 Å². The molecule has 0 bridgehead atoms. The molecule has 0 aromatic heterocycles. The Labute approximate surface area is 544 Å². The number of carbonyl (C=O) groups is 10. The molecule has 2 heterocycles. The van der Waals surface area contributed by atoms with Crippen molar-refractivity contribution in [1.82, 2.24) is 47.9 Å². The van der Waals surface area contributed by atoms with E-state index in [1.807, 2.05) is 25.6 Å². The quantitative estimate of drug-likeness (QED) is 0.0134. The minimum absolute atomic E-state index is 0.0310. The lowest BCUT2D eigenvalue weighted by Crippen LogP contribution is -2.49. The molecule has 0 aromatic rings. The van der Waals surface area contributed by atoms with Gasteiger partial charge in [0.05, 0.1) is 70.9 Å². The van der Waals surface area contributed by atoms with Crippen LogP contribution in [0.15, 0.2) is 12.7 Å². The molecule has 1 saturated carbocycles. The highest BCUT2D eigenvalue weighted by Gasteiger charge is 2.44. The normalized spacial score (nSPS) is 17.6. The predicted octanol–water partition coefficient (Wildman–Crippen LogP) is 4.38. The Balaban J connectivity index is 1.31. The third-order valence-electron chi connectivity index (χ3n) is 15.1.